The molecule has 1 aliphatic heterocycles. The van der Waals surface area contributed by atoms with Crippen molar-refractivity contribution in [3.8, 4) is 11.4 Å². The van der Waals surface area contributed by atoms with Crippen LogP contribution in [0.1, 0.15) is 37.7 Å². The molecule has 0 aliphatic carbocycles. The molecule has 144 valence electrons. The normalized spacial score (nSPS) is 14.7. The zero-order chi connectivity index (χ0) is 19.8. The Morgan fingerprint density at radius 1 is 1.11 bits per heavy atom. The molecule has 0 fully saturated rings. The molecular weight excluding hydrogens is 359 g/mol. The Labute approximate surface area is 155 Å². The van der Waals surface area contributed by atoms with E-state index in [-0.39, 0.29) is 36.6 Å². The number of ether oxygens (including phenoxy) is 1. The van der Waals surface area contributed by atoms with Gasteiger partial charge >= 0.3 is 12.3 Å². The summed E-state index contributed by atoms with van der Waals surface area (Å²) in [4.78, 5) is 21.8. The highest BCUT2D eigenvalue weighted by Gasteiger charge is 2.39. The highest BCUT2D eigenvalue weighted by atomic mass is 19.4. The second-order valence-corrected chi connectivity index (χ2v) is 7.34. The predicted octanol–water partition coefficient (Wildman–Crippen LogP) is 4.46. The summed E-state index contributed by atoms with van der Waals surface area (Å²) < 4.78 is 46.0. The van der Waals surface area contributed by atoms with Crippen LogP contribution in [-0.2, 0) is 23.9 Å². The molecular formula is C19H20F3N3O2. The van der Waals surface area contributed by atoms with Gasteiger partial charge in [-0.25, -0.2) is 14.8 Å². The van der Waals surface area contributed by atoms with Crippen LogP contribution in [-0.4, -0.2) is 33.1 Å². The van der Waals surface area contributed by atoms with Gasteiger partial charge in [0.2, 0.25) is 0 Å². The number of hydrogen-bond acceptors (Lipinski definition) is 4. The van der Waals surface area contributed by atoms with Crippen LogP contribution in [0.4, 0.5) is 18.0 Å². The third-order valence-electron chi connectivity index (χ3n) is 4.02. The Bertz CT molecular complexity index is 846. The van der Waals surface area contributed by atoms with Crippen molar-refractivity contribution in [3.05, 3.63) is 47.3 Å². The highest BCUT2D eigenvalue weighted by molar-refractivity contribution is 5.68. The van der Waals surface area contributed by atoms with Gasteiger partial charge in [0.15, 0.2) is 11.5 Å². The molecule has 8 heteroatoms. The molecule has 1 aromatic heterocycles. The van der Waals surface area contributed by atoms with Crippen LogP contribution in [0.5, 0.6) is 0 Å². The van der Waals surface area contributed by atoms with E-state index < -0.39 is 23.6 Å². The van der Waals surface area contributed by atoms with E-state index in [1.807, 2.05) is 0 Å². The molecule has 0 bridgehead atoms. The van der Waals surface area contributed by atoms with Crippen LogP contribution in [0.2, 0.25) is 0 Å². The molecule has 1 aliphatic rings. The second-order valence-electron chi connectivity index (χ2n) is 7.34. The summed E-state index contributed by atoms with van der Waals surface area (Å²) in [5.74, 6) is -0.00675. The van der Waals surface area contributed by atoms with E-state index in [0.29, 0.717) is 5.56 Å². The lowest BCUT2D eigenvalue weighted by molar-refractivity contribution is -0.142. The monoisotopic (exact) mass is 379 g/mol. The lowest BCUT2D eigenvalue weighted by Gasteiger charge is -2.31. The minimum absolute atomic E-state index is 0.00675. The maximum atomic E-state index is 13.6. The predicted molar refractivity (Wildman–Crippen MR) is 92.8 cm³/mol. The van der Waals surface area contributed by atoms with Gasteiger partial charge in [-0.05, 0) is 27.2 Å². The number of nitrogens with zero attached hydrogens (tertiary/aromatic N) is 3. The van der Waals surface area contributed by atoms with Gasteiger partial charge in [0.25, 0.3) is 0 Å². The largest absolute Gasteiger partial charge is 0.444 e. The van der Waals surface area contributed by atoms with Gasteiger partial charge in [-0.2, -0.15) is 13.2 Å². The number of rotatable bonds is 1. The Balaban J connectivity index is 2.00. The van der Waals surface area contributed by atoms with E-state index in [1.54, 1.807) is 51.1 Å². The first-order chi connectivity index (χ1) is 12.5. The number of benzene rings is 1. The Kier molecular flexibility index (Phi) is 4.84. The van der Waals surface area contributed by atoms with Crippen molar-refractivity contribution >= 4 is 6.09 Å². The maximum Gasteiger partial charge on any atom is 0.433 e. The first-order valence-electron chi connectivity index (χ1n) is 8.55. The van der Waals surface area contributed by atoms with Crippen molar-refractivity contribution in [2.45, 2.75) is 45.5 Å². The van der Waals surface area contributed by atoms with Gasteiger partial charge < -0.3 is 9.64 Å². The lowest BCUT2D eigenvalue weighted by atomic mass is 10.0. The smallest absolute Gasteiger partial charge is 0.433 e. The Morgan fingerprint density at radius 2 is 1.78 bits per heavy atom. The summed E-state index contributed by atoms with van der Waals surface area (Å²) in [6.45, 7) is 5.29. The minimum Gasteiger partial charge on any atom is -0.444 e. The van der Waals surface area contributed by atoms with Crippen LogP contribution in [0.25, 0.3) is 11.4 Å². The van der Waals surface area contributed by atoms with Crippen molar-refractivity contribution in [1.29, 1.82) is 0 Å². The van der Waals surface area contributed by atoms with Crippen molar-refractivity contribution < 1.29 is 22.7 Å². The fourth-order valence-electron chi connectivity index (χ4n) is 2.86. The number of fused-ring (bicyclic) bond motifs is 1. The first kappa shape index (κ1) is 19.1. The number of halogens is 3. The molecule has 0 spiro atoms. The van der Waals surface area contributed by atoms with Crippen LogP contribution in [0, 0.1) is 0 Å². The van der Waals surface area contributed by atoms with Crippen LogP contribution in [0.15, 0.2) is 30.3 Å². The molecule has 2 aromatic rings. The third-order valence-corrected chi connectivity index (χ3v) is 4.02. The van der Waals surface area contributed by atoms with E-state index in [4.69, 9.17) is 4.74 Å². The Morgan fingerprint density at radius 3 is 2.37 bits per heavy atom. The van der Waals surface area contributed by atoms with Crippen LogP contribution in [0.3, 0.4) is 0 Å². The van der Waals surface area contributed by atoms with E-state index in [0.717, 1.165) is 0 Å². The van der Waals surface area contributed by atoms with Crippen molar-refractivity contribution in [2.24, 2.45) is 0 Å². The number of carbonyl (C=O) groups excluding carboxylic acids is 1. The Hall–Kier alpha value is -2.64. The zero-order valence-electron chi connectivity index (χ0n) is 15.3. The third kappa shape index (κ3) is 4.37. The van der Waals surface area contributed by atoms with E-state index >= 15 is 0 Å². The number of carbonyl (C=O) groups is 1. The number of hydrogen-bond donors (Lipinski definition) is 0. The van der Waals surface area contributed by atoms with E-state index in [2.05, 4.69) is 9.97 Å². The van der Waals surface area contributed by atoms with Crippen molar-refractivity contribution in [3.63, 3.8) is 0 Å². The molecule has 27 heavy (non-hydrogen) atoms. The molecule has 0 unspecified atom stereocenters. The van der Waals surface area contributed by atoms with Crippen LogP contribution >= 0.6 is 0 Å². The van der Waals surface area contributed by atoms with E-state index in [9.17, 15) is 18.0 Å². The van der Waals surface area contributed by atoms with Gasteiger partial charge in [-0.1, -0.05) is 30.3 Å². The number of alkyl halides is 3. The molecule has 2 heterocycles. The van der Waals surface area contributed by atoms with Gasteiger partial charge in [0.05, 0.1) is 12.2 Å². The van der Waals surface area contributed by atoms with Gasteiger partial charge in [-0.3, -0.25) is 0 Å². The summed E-state index contributed by atoms with van der Waals surface area (Å²) in [7, 11) is 0. The van der Waals surface area contributed by atoms with E-state index in [1.165, 1.54) is 4.90 Å². The topological polar surface area (TPSA) is 55.3 Å². The van der Waals surface area contributed by atoms with Gasteiger partial charge in [0, 0.05) is 17.7 Å². The highest BCUT2D eigenvalue weighted by Crippen LogP contribution is 2.35. The molecule has 5 nitrogen and oxygen atoms in total. The molecule has 0 N–H and O–H groups in total. The van der Waals surface area contributed by atoms with Gasteiger partial charge in [0.1, 0.15) is 5.60 Å². The fourth-order valence-corrected chi connectivity index (χ4v) is 2.86. The molecule has 1 amide bonds. The standard InChI is InChI=1S/C19H20F3N3O2/c1-18(2,3)27-17(26)25-10-9-13-14(11-25)23-16(12-7-5-4-6-8-12)24-15(13)19(20,21)22/h4-8H,9-11H2,1-3H3. The molecule has 0 saturated carbocycles. The molecule has 0 radical (unpaired) electrons. The molecule has 0 atom stereocenters. The number of aromatic nitrogens is 2. The van der Waals surface area contributed by atoms with Gasteiger partial charge in [-0.15, -0.1) is 0 Å². The molecule has 1 aromatic carbocycles. The van der Waals surface area contributed by atoms with Crippen molar-refractivity contribution in [2.75, 3.05) is 6.54 Å². The summed E-state index contributed by atoms with van der Waals surface area (Å²) in [6, 6.07) is 8.47. The number of amides is 1. The quantitative estimate of drug-likeness (QED) is 0.734. The summed E-state index contributed by atoms with van der Waals surface area (Å²) in [6.07, 6.45) is -5.13. The first-order valence-corrected chi connectivity index (χ1v) is 8.55. The zero-order valence-corrected chi connectivity index (χ0v) is 15.3. The summed E-state index contributed by atoms with van der Waals surface area (Å²) in [5, 5.41) is 0. The average Bonchev–Trinajstić information content (AvgIpc) is 2.58. The fraction of sp³-hybridized carbons (Fsp3) is 0.421. The summed E-state index contributed by atoms with van der Waals surface area (Å²) >= 11 is 0. The maximum absolute atomic E-state index is 13.6. The lowest BCUT2D eigenvalue weighted by Crippen LogP contribution is -2.41. The minimum atomic E-state index is -4.59. The molecule has 3 rings (SSSR count). The van der Waals surface area contributed by atoms with Crippen molar-refractivity contribution in [1.82, 2.24) is 14.9 Å². The summed E-state index contributed by atoms with van der Waals surface area (Å²) in [5.41, 5.74) is -0.888. The van der Waals surface area contributed by atoms with Crippen LogP contribution < -0.4 is 0 Å². The average molecular weight is 379 g/mol. The SMILES string of the molecule is CC(C)(C)OC(=O)N1CCc2c(nc(-c3ccccc3)nc2C(F)(F)F)C1. The molecule has 0 saturated heterocycles. The second kappa shape index (κ2) is 6.83.